The number of hydrogen-bond acceptors (Lipinski definition) is 3. The lowest BCUT2D eigenvalue weighted by Crippen LogP contribution is -2.41. The van der Waals surface area contributed by atoms with Gasteiger partial charge in [-0.2, -0.15) is 0 Å². The second-order valence-corrected chi connectivity index (χ2v) is 5.31. The minimum atomic E-state index is -0.193. The Morgan fingerprint density at radius 1 is 1.39 bits per heavy atom. The van der Waals surface area contributed by atoms with E-state index in [1.807, 2.05) is 6.92 Å². The molecule has 1 amide bonds. The Labute approximate surface area is 107 Å². The van der Waals surface area contributed by atoms with E-state index in [2.05, 4.69) is 5.32 Å². The summed E-state index contributed by atoms with van der Waals surface area (Å²) in [6.07, 6.45) is 5.47. The molecule has 0 bridgehead atoms. The monoisotopic (exact) mass is 251 g/mol. The van der Waals surface area contributed by atoms with Crippen LogP contribution in [0.15, 0.2) is 16.5 Å². The molecule has 0 saturated heterocycles. The Kier molecular flexibility index (Phi) is 4.07. The van der Waals surface area contributed by atoms with Crippen LogP contribution < -0.4 is 5.32 Å². The summed E-state index contributed by atoms with van der Waals surface area (Å²) in [5.41, 5.74) is -0.129. The van der Waals surface area contributed by atoms with Gasteiger partial charge in [0.2, 0.25) is 0 Å². The third-order valence-corrected chi connectivity index (χ3v) is 3.84. The molecule has 1 saturated carbocycles. The zero-order chi connectivity index (χ0) is 13.0. The highest BCUT2D eigenvalue weighted by molar-refractivity contribution is 5.91. The van der Waals surface area contributed by atoms with Gasteiger partial charge in [0.05, 0.1) is 6.61 Å². The van der Waals surface area contributed by atoms with E-state index >= 15 is 0 Å². The standard InChI is InChI=1S/C14H21NO3/c1-11-5-6-12(18-11)13(17)15-9-14(10-16)7-3-2-4-8-14/h5-6,16H,2-4,7-10H2,1H3,(H,15,17). The molecule has 1 heterocycles. The van der Waals surface area contributed by atoms with Crippen molar-refractivity contribution in [3.05, 3.63) is 23.7 Å². The molecular weight excluding hydrogens is 230 g/mol. The number of rotatable bonds is 4. The average molecular weight is 251 g/mol. The first kappa shape index (κ1) is 13.1. The third kappa shape index (κ3) is 2.93. The van der Waals surface area contributed by atoms with Crippen LogP contribution in [0.3, 0.4) is 0 Å². The fraction of sp³-hybridized carbons (Fsp3) is 0.643. The molecule has 18 heavy (non-hydrogen) atoms. The van der Waals surface area contributed by atoms with Crippen LogP contribution in [0.4, 0.5) is 0 Å². The second kappa shape index (κ2) is 5.57. The number of carbonyl (C=O) groups is 1. The highest BCUT2D eigenvalue weighted by Gasteiger charge is 2.31. The van der Waals surface area contributed by atoms with Crippen LogP contribution >= 0.6 is 0 Å². The van der Waals surface area contributed by atoms with Gasteiger partial charge in [-0.3, -0.25) is 4.79 Å². The molecule has 1 aliphatic carbocycles. The zero-order valence-corrected chi connectivity index (χ0v) is 10.9. The molecule has 2 rings (SSSR count). The summed E-state index contributed by atoms with van der Waals surface area (Å²) in [6.45, 7) is 2.49. The molecule has 1 aliphatic rings. The van der Waals surface area contributed by atoms with Crippen LogP contribution in [-0.4, -0.2) is 24.2 Å². The summed E-state index contributed by atoms with van der Waals surface area (Å²) >= 11 is 0. The van der Waals surface area contributed by atoms with Gasteiger partial charge >= 0.3 is 0 Å². The van der Waals surface area contributed by atoms with Crippen LogP contribution in [0.2, 0.25) is 0 Å². The lowest BCUT2D eigenvalue weighted by Gasteiger charge is -2.35. The van der Waals surface area contributed by atoms with E-state index < -0.39 is 0 Å². The fourth-order valence-electron chi connectivity index (χ4n) is 2.60. The first-order valence-electron chi connectivity index (χ1n) is 6.61. The van der Waals surface area contributed by atoms with E-state index in [1.165, 1.54) is 6.42 Å². The summed E-state index contributed by atoms with van der Waals surface area (Å²) < 4.78 is 5.28. The van der Waals surface area contributed by atoms with Crippen molar-refractivity contribution < 1.29 is 14.3 Å². The van der Waals surface area contributed by atoms with Crippen molar-refractivity contribution in [1.29, 1.82) is 0 Å². The molecule has 4 heteroatoms. The van der Waals surface area contributed by atoms with Gasteiger partial charge in [0.1, 0.15) is 5.76 Å². The SMILES string of the molecule is Cc1ccc(C(=O)NCC2(CO)CCCCC2)o1. The lowest BCUT2D eigenvalue weighted by atomic mass is 9.74. The first-order chi connectivity index (χ1) is 8.65. The molecule has 2 N–H and O–H groups in total. The number of carbonyl (C=O) groups excluding carboxylic acids is 1. The topological polar surface area (TPSA) is 62.5 Å². The Morgan fingerprint density at radius 2 is 2.11 bits per heavy atom. The molecule has 0 spiro atoms. The molecule has 1 aromatic rings. The first-order valence-corrected chi connectivity index (χ1v) is 6.61. The number of aliphatic hydroxyl groups is 1. The fourth-order valence-corrected chi connectivity index (χ4v) is 2.60. The maximum absolute atomic E-state index is 11.9. The van der Waals surface area contributed by atoms with E-state index in [1.54, 1.807) is 12.1 Å². The van der Waals surface area contributed by atoms with E-state index in [4.69, 9.17) is 4.42 Å². The maximum atomic E-state index is 11.9. The van der Waals surface area contributed by atoms with Crippen molar-refractivity contribution in [1.82, 2.24) is 5.32 Å². The van der Waals surface area contributed by atoms with Crippen LogP contribution in [-0.2, 0) is 0 Å². The van der Waals surface area contributed by atoms with E-state index in [-0.39, 0.29) is 17.9 Å². The smallest absolute Gasteiger partial charge is 0.287 e. The average Bonchev–Trinajstić information content (AvgIpc) is 2.84. The van der Waals surface area contributed by atoms with Crippen molar-refractivity contribution in [3.63, 3.8) is 0 Å². The summed E-state index contributed by atoms with van der Waals surface area (Å²) in [5, 5.41) is 12.4. The minimum Gasteiger partial charge on any atom is -0.456 e. The highest BCUT2D eigenvalue weighted by Crippen LogP contribution is 2.35. The molecule has 0 aromatic carbocycles. The van der Waals surface area contributed by atoms with Gasteiger partial charge in [-0.05, 0) is 31.9 Å². The number of furan rings is 1. The molecular formula is C14H21NO3. The molecule has 4 nitrogen and oxygen atoms in total. The Hall–Kier alpha value is -1.29. The predicted molar refractivity (Wildman–Crippen MR) is 68.4 cm³/mol. The number of hydrogen-bond donors (Lipinski definition) is 2. The van der Waals surface area contributed by atoms with Gasteiger partial charge < -0.3 is 14.8 Å². The van der Waals surface area contributed by atoms with E-state index in [0.717, 1.165) is 31.4 Å². The molecule has 1 aromatic heterocycles. The predicted octanol–water partition coefficient (Wildman–Crippen LogP) is 2.26. The van der Waals surface area contributed by atoms with Crippen LogP contribution in [0, 0.1) is 12.3 Å². The number of aryl methyl sites for hydroxylation is 1. The number of aliphatic hydroxyl groups excluding tert-OH is 1. The maximum Gasteiger partial charge on any atom is 0.287 e. The van der Waals surface area contributed by atoms with Crippen molar-refractivity contribution >= 4 is 5.91 Å². The summed E-state index contributed by atoms with van der Waals surface area (Å²) in [5.74, 6) is 0.882. The molecule has 1 fully saturated rings. The third-order valence-electron chi connectivity index (χ3n) is 3.84. The normalized spacial score (nSPS) is 18.6. The molecule has 0 atom stereocenters. The second-order valence-electron chi connectivity index (χ2n) is 5.31. The molecule has 0 radical (unpaired) electrons. The Bertz CT molecular complexity index is 405. The highest BCUT2D eigenvalue weighted by atomic mass is 16.3. The summed E-state index contributed by atoms with van der Waals surface area (Å²) in [4.78, 5) is 11.9. The zero-order valence-electron chi connectivity index (χ0n) is 10.9. The lowest BCUT2D eigenvalue weighted by molar-refractivity contribution is 0.0703. The van der Waals surface area contributed by atoms with Crippen LogP contribution in [0.5, 0.6) is 0 Å². The van der Waals surface area contributed by atoms with E-state index in [0.29, 0.717) is 12.3 Å². The largest absolute Gasteiger partial charge is 0.456 e. The quantitative estimate of drug-likeness (QED) is 0.862. The van der Waals surface area contributed by atoms with Crippen molar-refractivity contribution in [3.8, 4) is 0 Å². The summed E-state index contributed by atoms with van der Waals surface area (Å²) in [7, 11) is 0. The Morgan fingerprint density at radius 3 is 2.67 bits per heavy atom. The van der Waals surface area contributed by atoms with Crippen LogP contribution in [0.25, 0.3) is 0 Å². The van der Waals surface area contributed by atoms with Crippen molar-refractivity contribution in [2.75, 3.05) is 13.2 Å². The van der Waals surface area contributed by atoms with Gasteiger partial charge in [0.25, 0.3) is 5.91 Å². The Balaban J connectivity index is 1.91. The van der Waals surface area contributed by atoms with E-state index in [9.17, 15) is 9.90 Å². The molecule has 0 unspecified atom stereocenters. The molecule has 0 aliphatic heterocycles. The summed E-state index contributed by atoms with van der Waals surface area (Å²) in [6, 6.07) is 3.45. The van der Waals surface area contributed by atoms with Gasteiger partial charge in [0.15, 0.2) is 5.76 Å². The van der Waals surface area contributed by atoms with Gasteiger partial charge in [0, 0.05) is 12.0 Å². The van der Waals surface area contributed by atoms with Gasteiger partial charge in [-0.15, -0.1) is 0 Å². The minimum absolute atomic E-state index is 0.129. The van der Waals surface area contributed by atoms with Crippen molar-refractivity contribution in [2.24, 2.45) is 5.41 Å². The number of nitrogens with one attached hydrogen (secondary N) is 1. The van der Waals surface area contributed by atoms with Gasteiger partial charge in [-0.25, -0.2) is 0 Å². The van der Waals surface area contributed by atoms with Crippen LogP contribution in [0.1, 0.15) is 48.4 Å². The van der Waals surface area contributed by atoms with Crippen molar-refractivity contribution in [2.45, 2.75) is 39.0 Å². The van der Waals surface area contributed by atoms with Gasteiger partial charge in [-0.1, -0.05) is 19.3 Å². The number of amides is 1. The molecule has 100 valence electrons.